The van der Waals surface area contributed by atoms with Gasteiger partial charge in [0.05, 0.1) is 22.2 Å². The maximum Gasteiger partial charge on any atom is 0.138 e. The minimum Gasteiger partial charge on any atom is -0.316 e. The van der Waals surface area contributed by atoms with Crippen molar-refractivity contribution in [3.8, 4) is 33.9 Å². The van der Waals surface area contributed by atoms with Crippen LogP contribution in [0.5, 0.6) is 0 Å². The average molecular weight is 512 g/mol. The van der Waals surface area contributed by atoms with E-state index in [-0.39, 0.29) is 0 Å². The molecular formula is C37H25N3. The second-order valence-electron chi connectivity index (χ2n) is 10.1. The van der Waals surface area contributed by atoms with E-state index in [4.69, 9.17) is 4.98 Å². The molecule has 0 radical (unpaired) electrons. The number of nitrogens with zero attached hydrogens (tertiary/aromatic N) is 3. The van der Waals surface area contributed by atoms with Gasteiger partial charge in [-0.3, -0.25) is 4.57 Å². The van der Waals surface area contributed by atoms with Gasteiger partial charge in [-0.15, -0.1) is 0 Å². The van der Waals surface area contributed by atoms with E-state index in [1.807, 2.05) is 6.07 Å². The highest BCUT2D eigenvalue weighted by molar-refractivity contribution is 6.21. The van der Waals surface area contributed by atoms with Gasteiger partial charge in [0.1, 0.15) is 5.82 Å². The zero-order valence-electron chi connectivity index (χ0n) is 21.8. The Hall–Kier alpha value is -5.41. The van der Waals surface area contributed by atoms with Gasteiger partial charge in [-0.25, -0.2) is 4.98 Å². The first kappa shape index (κ1) is 22.6. The number of para-hydroxylation sites is 2. The van der Waals surface area contributed by atoms with Gasteiger partial charge in [-0.1, -0.05) is 103 Å². The Kier molecular flexibility index (Phi) is 5.14. The third-order valence-corrected chi connectivity index (χ3v) is 7.75. The molecule has 3 heteroatoms. The van der Waals surface area contributed by atoms with Crippen molar-refractivity contribution in [1.29, 1.82) is 0 Å². The molecule has 8 rings (SSSR count). The molecule has 0 atom stereocenters. The second-order valence-corrected chi connectivity index (χ2v) is 10.1. The summed E-state index contributed by atoms with van der Waals surface area (Å²) in [5.41, 5.74) is 9.13. The van der Waals surface area contributed by atoms with E-state index in [1.54, 1.807) is 0 Å². The third kappa shape index (κ3) is 3.49. The van der Waals surface area contributed by atoms with Gasteiger partial charge < -0.3 is 4.57 Å². The Labute approximate surface area is 232 Å². The highest BCUT2D eigenvalue weighted by atomic mass is 15.1. The van der Waals surface area contributed by atoms with Crippen molar-refractivity contribution in [1.82, 2.24) is 14.1 Å². The molecule has 5 aromatic carbocycles. The Morgan fingerprint density at radius 3 is 1.93 bits per heavy atom. The van der Waals surface area contributed by atoms with Gasteiger partial charge in [0.25, 0.3) is 0 Å². The molecule has 3 nitrogen and oxygen atoms in total. The van der Waals surface area contributed by atoms with Gasteiger partial charge in [-0.05, 0) is 48.0 Å². The highest BCUT2D eigenvalue weighted by Crippen LogP contribution is 2.42. The summed E-state index contributed by atoms with van der Waals surface area (Å²) in [5, 5.41) is 3.64. The van der Waals surface area contributed by atoms with E-state index in [0.717, 1.165) is 28.3 Å². The summed E-state index contributed by atoms with van der Waals surface area (Å²) in [6.07, 6.45) is 2.20. The van der Waals surface area contributed by atoms with Gasteiger partial charge >= 0.3 is 0 Å². The van der Waals surface area contributed by atoms with E-state index in [1.165, 1.54) is 38.3 Å². The lowest BCUT2D eigenvalue weighted by Crippen LogP contribution is -1.99. The standard InChI is InChI=1S/C37H25N3/c1-4-13-26(14-5-1)31-25-32-29-19-10-11-21-34(29)40(35-22-12-20-33(38-35)27-15-6-2-7-16-27)37(32)30-23-24-39(36(30)31)28-17-8-3-9-18-28/h1-25H. The second kappa shape index (κ2) is 9.11. The summed E-state index contributed by atoms with van der Waals surface area (Å²) < 4.78 is 4.65. The van der Waals surface area contributed by atoms with Crippen molar-refractivity contribution in [2.75, 3.05) is 0 Å². The van der Waals surface area contributed by atoms with Gasteiger partial charge in [0.2, 0.25) is 0 Å². The van der Waals surface area contributed by atoms with Gasteiger partial charge in [0, 0.05) is 39.2 Å². The highest BCUT2D eigenvalue weighted by Gasteiger charge is 2.21. The van der Waals surface area contributed by atoms with Crippen LogP contribution in [0.2, 0.25) is 0 Å². The van der Waals surface area contributed by atoms with Crippen LogP contribution in [0.25, 0.3) is 66.6 Å². The van der Waals surface area contributed by atoms with E-state index >= 15 is 0 Å². The fraction of sp³-hybridized carbons (Fsp3) is 0. The molecule has 0 amide bonds. The van der Waals surface area contributed by atoms with Crippen molar-refractivity contribution in [2.45, 2.75) is 0 Å². The lowest BCUT2D eigenvalue weighted by atomic mass is 9.99. The van der Waals surface area contributed by atoms with Crippen molar-refractivity contribution < 1.29 is 0 Å². The zero-order valence-corrected chi connectivity index (χ0v) is 21.8. The SMILES string of the molecule is c1ccc(-c2cccc(-n3c4ccccc4c4cc(-c5ccccc5)c5c(ccn5-c5ccccc5)c43)n2)cc1. The number of aromatic nitrogens is 3. The predicted molar refractivity (Wildman–Crippen MR) is 166 cm³/mol. The Balaban J connectivity index is 1.51. The van der Waals surface area contributed by atoms with Crippen LogP contribution in [0.3, 0.4) is 0 Å². The van der Waals surface area contributed by atoms with Crippen LogP contribution < -0.4 is 0 Å². The maximum absolute atomic E-state index is 5.19. The Morgan fingerprint density at radius 1 is 0.475 bits per heavy atom. The van der Waals surface area contributed by atoms with E-state index in [9.17, 15) is 0 Å². The molecule has 0 fully saturated rings. The number of benzene rings is 5. The van der Waals surface area contributed by atoms with Crippen molar-refractivity contribution in [3.63, 3.8) is 0 Å². The summed E-state index contributed by atoms with van der Waals surface area (Å²) in [4.78, 5) is 5.19. The average Bonchev–Trinajstić information content (AvgIpc) is 3.62. The molecule has 3 heterocycles. The molecule has 0 N–H and O–H groups in total. The quantitative estimate of drug-likeness (QED) is 0.231. The minimum atomic E-state index is 0.911. The topological polar surface area (TPSA) is 22.8 Å². The molecule has 0 spiro atoms. The molecule has 40 heavy (non-hydrogen) atoms. The summed E-state index contributed by atoms with van der Waals surface area (Å²) in [5.74, 6) is 0.911. The minimum absolute atomic E-state index is 0.911. The van der Waals surface area contributed by atoms with Crippen LogP contribution in [0, 0.1) is 0 Å². The van der Waals surface area contributed by atoms with Crippen molar-refractivity contribution in [3.05, 3.63) is 152 Å². The third-order valence-electron chi connectivity index (χ3n) is 7.75. The lowest BCUT2D eigenvalue weighted by Gasteiger charge is -2.14. The van der Waals surface area contributed by atoms with Crippen molar-refractivity contribution in [2.24, 2.45) is 0 Å². The summed E-state index contributed by atoms with van der Waals surface area (Å²) in [6, 6.07) is 51.3. The number of hydrogen-bond donors (Lipinski definition) is 0. The largest absolute Gasteiger partial charge is 0.316 e. The first-order valence-electron chi connectivity index (χ1n) is 13.6. The molecule has 8 aromatic rings. The van der Waals surface area contributed by atoms with Crippen molar-refractivity contribution >= 4 is 32.7 Å². The van der Waals surface area contributed by atoms with Crippen LogP contribution in [0.1, 0.15) is 0 Å². The van der Waals surface area contributed by atoms with Crippen LogP contribution in [0.15, 0.2) is 152 Å². The maximum atomic E-state index is 5.19. The molecule has 0 aliphatic carbocycles. The van der Waals surface area contributed by atoms with Gasteiger partial charge in [0.15, 0.2) is 0 Å². The number of pyridine rings is 1. The fourth-order valence-electron chi connectivity index (χ4n) is 5.98. The number of rotatable bonds is 4. The van der Waals surface area contributed by atoms with E-state index < -0.39 is 0 Å². The van der Waals surface area contributed by atoms with E-state index in [0.29, 0.717) is 0 Å². The first-order chi connectivity index (χ1) is 19.9. The molecule has 0 unspecified atom stereocenters. The molecule has 0 saturated heterocycles. The Bertz CT molecular complexity index is 2140. The van der Waals surface area contributed by atoms with Crippen LogP contribution in [-0.4, -0.2) is 14.1 Å². The van der Waals surface area contributed by atoms with E-state index in [2.05, 4.69) is 155 Å². The summed E-state index contributed by atoms with van der Waals surface area (Å²) >= 11 is 0. The van der Waals surface area contributed by atoms with Gasteiger partial charge in [-0.2, -0.15) is 0 Å². The smallest absolute Gasteiger partial charge is 0.138 e. The number of hydrogen-bond acceptors (Lipinski definition) is 1. The molecule has 188 valence electrons. The van der Waals surface area contributed by atoms with Crippen LogP contribution >= 0.6 is 0 Å². The van der Waals surface area contributed by atoms with Crippen LogP contribution in [-0.2, 0) is 0 Å². The molecule has 0 aliphatic heterocycles. The lowest BCUT2D eigenvalue weighted by molar-refractivity contribution is 1.09. The molecular weight excluding hydrogens is 486 g/mol. The summed E-state index contributed by atoms with van der Waals surface area (Å²) in [7, 11) is 0. The number of fused-ring (bicyclic) bond motifs is 5. The molecule has 0 bridgehead atoms. The predicted octanol–water partition coefficient (Wildman–Crippen LogP) is 9.46. The monoisotopic (exact) mass is 511 g/mol. The normalized spacial score (nSPS) is 11.5. The Morgan fingerprint density at radius 2 is 1.15 bits per heavy atom. The fourth-order valence-corrected chi connectivity index (χ4v) is 5.98. The molecule has 0 aliphatic rings. The first-order valence-corrected chi connectivity index (χ1v) is 13.6. The molecule has 0 saturated carbocycles. The van der Waals surface area contributed by atoms with Crippen LogP contribution in [0.4, 0.5) is 0 Å². The summed E-state index contributed by atoms with van der Waals surface area (Å²) in [6.45, 7) is 0. The zero-order chi connectivity index (χ0) is 26.5. The molecule has 3 aromatic heterocycles.